The lowest BCUT2D eigenvalue weighted by atomic mass is 10.3. The molecule has 15 heavy (non-hydrogen) atoms. The van der Waals surface area contributed by atoms with Gasteiger partial charge in [0.25, 0.3) is 0 Å². The molecule has 0 unspecified atom stereocenters. The molecule has 6 heteroatoms. The highest BCUT2D eigenvalue weighted by Crippen LogP contribution is 2.08. The lowest BCUT2D eigenvalue weighted by molar-refractivity contribution is -0.385. The van der Waals surface area contributed by atoms with Crippen molar-refractivity contribution in [2.75, 3.05) is 0 Å². The fourth-order valence-electron chi connectivity index (χ4n) is 1.19. The summed E-state index contributed by atoms with van der Waals surface area (Å²) in [7, 11) is 0. The molecular weight excluding hydrogens is 196 g/mol. The van der Waals surface area contributed by atoms with E-state index in [1.54, 1.807) is 6.20 Å². The summed E-state index contributed by atoms with van der Waals surface area (Å²) in [5, 5.41) is 14.3. The van der Waals surface area contributed by atoms with Gasteiger partial charge in [0.2, 0.25) is 0 Å². The molecule has 0 bridgehead atoms. The molecule has 76 valence electrons. The zero-order valence-electron chi connectivity index (χ0n) is 7.78. The van der Waals surface area contributed by atoms with Crippen molar-refractivity contribution in [3.63, 3.8) is 0 Å². The number of aromatic nitrogens is 3. The monoisotopic (exact) mass is 204 g/mol. The van der Waals surface area contributed by atoms with Gasteiger partial charge in [-0.15, -0.1) is 0 Å². The Morgan fingerprint density at radius 1 is 1.47 bits per heavy atom. The second-order valence-electron chi connectivity index (χ2n) is 2.97. The number of hydrogen-bond acceptors (Lipinski definition) is 4. The Bertz CT molecular complexity index is 466. The van der Waals surface area contributed by atoms with E-state index in [0.717, 1.165) is 5.69 Å². The minimum absolute atomic E-state index is 0.00840. The predicted molar refractivity (Wildman–Crippen MR) is 52.2 cm³/mol. The SMILES string of the molecule is O=[N+]([O-])c1cnn(Cc2ccccn2)c1. The van der Waals surface area contributed by atoms with E-state index in [9.17, 15) is 10.1 Å². The topological polar surface area (TPSA) is 73.8 Å². The first-order valence-corrected chi connectivity index (χ1v) is 4.32. The van der Waals surface area contributed by atoms with Crippen LogP contribution in [0.1, 0.15) is 5.69 Å². The number of nitro groups is 1. The van der Waals surface area contributed by atoms with Crippen LogP contribution in [0.2, 0.25) is 0 Å². The molecule has 6 nitrogen and oxygen atoms in total. The zero-order valence-corrected chi connectivity index (χ0v) is 7.78. The van der Waals surface area contributed by atoms with E-state index >= 15 is 0 Å². The predicted octanol–water partition coefficient (Wildman–Crippen LogP) is 1.23. The molecular formula is C9H8N4O2. The first-order chi connectivity index (χ1) is 7.25. The lowest BCUT2D eigenvalue weighted by Crippen LogP contribution is -2.01. The zero-order chi connectivity index (χ0) is 10.7. The van der Waals surface area contributed by atoms with Gasteiger partial charge in [-0.05, 0) is 12.1 Å². The molecule has 0 aliphatic heterocycles. The van der Waals surface area contributed by atoms with Crippen LogP contribution in [0.15, 0.2) is 36.8 Å². The van der Waals surface area contributed by atoms with Crippen molar-refractivity contribution in [3.8, 4) is 0 Å². The van der Waals surface area contributed by atoms with Gasteiger partial charge < -0.3 is 0 Å². The lowest BCUT2D eigenvalue weighted by Gasteiger charge is -1.98. The smallest absolute Gasteiger partial charge is 0.260 e. The molecule has 0 saturated heterocycles. The highest BCUT2D eigenvalue weighted by molar-refractivity contribution is 5.21. The van der Waals surface area contributed by atoms with Gasteiger partial charge in [0.15, 0.2) is 0 Å². The summed E-state index contributed by atoms with van der Waals surface area (Å²) in [5.74, 6) is 0. The molecule has 0 saturated carbocycles. The standard InChI is InChI=1S/C9H8N4O2/c14-13(15)9-5-11-12(7-9)6-8-3-1-2-4-10-8/h1-5,7H,6H2. The fourth-order valence-corrected chi connectivity index (χ4v) is 1.19. The number of pyridine rings is 1. The van der Waals surface area contributed by atoms with E-state index in [4.69, 9.17) is 0 Å². The van der Waals surface area contributed by atoms with Crippen molar-refractivity contribution in [2.24, 2.45) is 0 Å². The molecule has 0 aliphatic rings. The van der Waals surface area contributed by atoms with Gasteiger partial charge in [-0.3, -0.25) is 19.8 Å². The van der Waals surface area contributed by atoms with Gasteiger partial charge in [-0.1, -0.05) is 6.07 Å². The summed E-state index contributed by atoms with van der Waals surface area (Å²) in [6.07, 6.45) is 4.28. The molecule has 0 fully saturated rings. The van der Waals surface area contributed by atoms with Gasteiger partial charge in [-0.25, -0.2) is 0 Å². The Morgan fingerprint density at radius 2 is 2.33 bits per heavy atom. The third-order valence-electron chi connectivity index (χ3n) is 1.88. The largest absolute Gasteiger partial charge is 0.307 e. The minimum Gasteiger partial charge on any atom is -0.260 e. The van der Waals surface area contributed by atoms with Crippen LogP contribution >= 0.6 is 0 Å². The second kappa shape index (κ2) is 3.87. The average Bonchev–Trinajstić information content (AvgIpc) is 2.68. The Kier molecular flexibility index (Phi) is 2.40. The molecule has 0 atom stereocenters. The van der Waals surface area contributed by atoms with Crippen molar-refractivity contribution >= 4 is 5.69 Å². The summed E-state index contributed by atoms with van der Waals surface area (Å²) in [4.78, 5) is 14.0. The van der Waals surface area contributed by atoms with E-state index in [1.165, 1.54) is 17.1 Å². The first-order valence-electron chi connectivity index (χ1n) is 4.32. The van der Waals surface area contributed by atoms with E-state index < -0.39 is 4.92 Å². The Morgan fingerprint density at radius 3 is 2.93 bits per heavy atom. The normalized spacial score (nSPS) is 10.1. The maximum atomic E-state index is 10.4. The van der Waals surface area contributed by atoms with Gasteiger partial charge in [-0.2, -0.15) is 5.10 Å². The van der Waals surface area contributed by atoms with E-state index in [-0.39, 0.29) is 5.69 Å². The van der Waals surface area contributed by atoms with Crippen molar-refractivity contribution in [1.29, 1.82) is 0 Å². The highest BCUT2D eigenvalue weighted by atomic mass is 16.6. The molecule has 0 amide bonds. The Hall–Kier alpha value is -2.24. The molecule has 0 radical (unpaired) electrons. The van der Waals surface area contributed by atoms with Crippen molar-refractivity contribution in [2.45, 2.75) is 6.54 Å². The third-order valence-corrected chi connectivity index (χ3v) is 1.88. The summed E-state index contributed by atoms with van der Waals surface area (Å²) in [5.41, 5.74) is 0.807. The molecule has 0 aliphatic carbocycles. The van der Waals surface area contributed by atoms with Crippen LogP contribution < -0.4 is 0 Å². The molecule has 0 N–H and O–H groups in total. The average molecular weight is 204 g/mol. The maximum absolute atomic E-state index is 10.4. The van der Waals surface area contributed by atoms with Gasteiger partial charge >= 0.3 is 5.69 Å². The van der Waals surface area contributed by atoms with Gasteiger partial charge in [0, 0.05) is 6.20 Å². The highest BCUT2D eigenvalue weighted by Gasteiger charge is 2.08. The van der Waals surface area contributed by atoms with Gasteiger partial charge in [0.05, 0.1) is 17.2 Å². The van der Waals surface area contributed by atoms with Crippen LogP contribution in [0.25, 0.3) is 0 Å². The van der Waals surface area contributed by atoms with Crippen LogP contribution in [0.5, 0.6) is 0 Å². The second-order valence-corrected chi connectivity index (χ2v) is 2.97. The van der Waals surface area contributed by atoms with Crippen LogP contribution in [0, 0.1) is 10.1 Å². The van der Waals surface area contributed by atoms with Crippen molar-refractivity contribution < 1.29 is 4.92 Å². The molecule has 0 aromatic carbocycles. The van der Waals surface area contributed by atoms with Crippen LogP contribution in [-0.2, 0) is 6.54 Å². The van der Waals surface area contributed by atoms with E-state index in [2.05, 4.69) is 10.1 Å². The van der Waals surface area contributed by atoms with Crippen molar-refractivity contribution in [3.05, 3.63) is 52.6 Å². The number of hydrogen-bond donors (Lipinski definition) is 0. The van der Waals surface area contributed by atoms with Crippen molar-refractivity contribution in [1.82, 2.24) is 14.8 Å². The maximum Gasteiger partial charge on any atom is 0.307 e. The molecule has 2 aromatic heterocycles. The molecule has 2 rings (SSSR count). The quantitative estimate of drug-likeness (QED) is 0.556. The number of nitrogens with zero attached hydrogens (tertiary/aromatic N) is 4. The van der Waals surface area contributed by atoms with Gasteiger partial charge in [0.1, 0.15) is 12.4 Å². The Balaban J connectivity index is 2.15. The molecule has 0 spiro atoms. The fraction of sp³-hybridized carbons (Fsp3) is 0.111. The van der Waals surface area contributed by atoms with Crippen LogP contribution in [0.4, 0.5) is 5.69 Å². The summed E-state index contributed by atoms with van der Waals surface area (Å²) in [6, 6.07) is 5.52. The summed E-state index contributed by atoms with van der Waals surface area (Å²) in [6.45, 7) is 0.439. The summed E-state index contributed by atoms with van der Waals surface area (Å²) >= 11 is 0. The number of rotatable bonds is 3. The minimum atomic E-state index is -0.470. The Labute approximate surface area is 85.3 Å². The van der Waals surface area contributed by atoms with Crippen LogP contribution in [0.3, 0.4) is 0 Å². The molecule has 2 aromatic rings. The summed E-state index contributed by atoms with van der Waals surface area (Å²) < 4.78 is 1.49. The third kappa shape index (κ3) is 2.16. The van der Waals surface area contributed by atoms with Crippen LogP contribution in [-0.4, -0.2) is 19.7 Å². The van der Waals surface area contributed by atoms with E-state index in [1.807, 2.05) is 18.2 Å². The first kappa shape index (κ1) is 9.32. The molecule has 2 heterocycles. The van der Waals surface area contributed by atoms with E-state index in [0.29, 0.717) is 6.54 Å².